The van der Waals surface area contributed by atoms with Gasteiger partial charge in [-0.2, -0.15) is 0 Å². The predicted molar refractivity (Wildman–Crippen MR) is 115 cm³/mol. The van der Waals surface area contributed by atoms with Crippen LogP contribution in [0.5, 0.6) is 0 Å². The molecule has 1 amide bonds. The SMILES string of the molecule is O=C(Cn1c(=O)n(C[C@H]2CCCO2)c(=O)c2sc3ncccc3c21)NCc1ccco1. The summed E-state index contributed by atoms with van der Waals surface area (Å²) in [6, 6.07) is 7.05. The number of carbonyl (C=O) groups excluding carboxylic acids is 1. The van der Waals surface area contributed by atoms with Crippen LogP contribution in [0.25, 0.3) is 20.4 Å². The lowest BCUT2D eigenvalue weighted by Crippen LogP contribution is -2.44. The molecule has 0 spiro atoms. The molecule has 5 heterocycles. The fourth-order valence-electron chi connectivity index (χ4n) is 3.88. The van der Waals surface area contributed by atoms with Crippen molar-refractivity contribution in [1.82, 2.24) is 19.4 Å². The number of hydrogen-bond donors (Lipinski definition) is 1. The van der Waals surface area contributed by atoms with Gasteiger partial charge in [-0.15, -0.1) is 11.3 Å². The normalized spacial score (nSPS) is 16.3. The van der Waals surface area contributed by atoms with E-state index in [9.17, 15) is 14.4 Å². The Labute approximate surface area is 179 Å². The van der Waals surface area contributed by atoms with Crippen molar-refractivity contribution in [3.05, 3.63) is 63.3 Å². The molecule has 160 valence electrons. The van der Waals surface area contributed by atoms with Gasteiger partial charge in [-0.25, -0.2) is 9.78 Å². The van der Waals surface area contributed by atoms with Crippen LogP contribution in [0.15, 0.2) is 50.7 Å². The van der Waals surface area contributed by atoms with E-state index in [4.69, 9.17) is 9.15 Å². The van der Waals surface area contributed by atoms with Gasteiger partial charge in [0.1, 0.15) is 21.8 Å². The average molecular weight is 440 g/mol. The van der Waals surface area contributed by atoms with E-state index in [0.717, 1.165) is 12.8 Å². The largest absolute Gasteiger partial charge is 0.467 e. The minimum atomic E-state index is -0.523. The number of amides is 1. The zero-order valence-corrected chi connectivity index (χ0v) is 17.4. The summed E-state index contributed by atoms with van der Waals surface area (Å²) in [5.74, 6) is 0.254. The molecule has 1 atom stereocenters. The Balaban J connectivity index is 1.59. The molecule has 0 aliphatic carbocycles. The van der Waals surface area contributed by atoms with E-state index < -0.39 is 5.69 Å². The van der Waals surface area contributed by atoms with Crippen molar-refractivity contribution in [2.45, 2.75) is 38.6 Å². The van der Waals surface area contributed by atoms with E-state index in [1.165, 1.54) is 26.7 Å². The maximum absolute atomic E-state index is 13.4. The second kappa shape index (κ2) is 8.12. The summed E-state index contributed by atoms with van der Waals surface area (Å²) < 4.78 is 13.8. The molecule has 1 aliphatic heterocycles. The van der Waals surface area contributed by atoms with Crippen molar-refractivity contribution >= 4 is 37.7 Å². The van der Waals surface area contributed by atoms with E-state index >= 15 is 0 Å². The Morgan fingerprint density at radius 3 is 2.94 bits per heavy atom. The van der Waals surface area contributed by atoms with Crippen molar-refractivity contribution < 1.29 is 13.9 Å². The lowest BCUT2D eigenvalue weighted by atomic mass is 10.2. The van der Waals surface area contributed by atoms with E-state index in [1.807, 2.05) is 6.07 Å². The second-order valence-electron chi connectivity index (χ2n) is 7.41. The monoisotopic (exact) mass is 440 g/mol. The van der Waals surface area contributed by atoms with Crippen molar-refractivity contribution in [1.29, 1.82) is 0 Å². The minimum absolute atomic E-state index is 0.170. The molecule has 1 N–H and O–H groups in total. The summed E-state index contributed by atoms with van der Waals surface area (Å²) in [5, 5.41) is 3.44. The summed E-state index contributed by atoms with van der Waals surface area (Å²) >= 11 is 1.23. The number of nitrogens with zero attached hydrogens (tertiary/aromatic N) is 3. The topological polar surface area (TPSA) is 108 Å². The highest BCUT2D eigenvalue weighted by atomic mass is 32.1. The zero-order chi connectivity index (χ0) is 21.4. The molecule has 4 aromatic heterocycles. The molecule has 1 aliphatic rings. The maximum Gasteiger partial charge on any atom is 0.332 e. The highest BCUT2D eigenvalue weighted by Crippen LogP contribution is 2.29. The Morgan fingerprint density at radius 2 is 2.16 bits per heavy atom. The quantitative estimate of drug-likeness (QED) is 0.490. The lowest BCUT2D eigenvalue weighted by Gasteiger charge is -2.15. The Bertz CT molecular complexity index is 1360. The number of ether oxygens (including phenoxy) is 1. The number of hydrogen-bond acceptors (Lipinski definition) is 7. The molecule has 9 nitrogen and oxygen atoms in total. The Morgan fingerprint density at radius 1 is 1.26 bits per heavy atom. The van der Waals surface area contributed by atoms with E-state index in [1.54, 1.807) is 24.4 Å². The van der Waals surface area contributed by atoms with E-state index in [0.29, 0.717) is 32.8 Å². The summed E-state index contributed by atoms with van der Waals surface area (Å²) in [6.07, 6.45) is 4.68. The lowest BCUT2D eigenvalue weighted by molar-refractivity contribution is -0.121. The van der Waals surface area contributed by atoms with Gasteiger partial charge in [-0.3, -0.25) is 18.7 Å². The first-order chi connectivity index (χ1) is 15.1. The predicted octanol–water partition coefficient (Wildman–Crippen LogP) is 1.86. The van der Waals surface area contributed by atoms with Gasteiger partial charge >= 0.3 is 5.69 Å². The molecule has 4 aromatic rings. The highest BCUT2D eigenvalue weighted by molar-refractivity contribution is 7.25. The van der Waals surface area contributed by atoms with E-state index in [2.05, 4.69) is 10.3 Å². The molecule has 0 unspecified atom stereocenters. The first-order valence-corrected chi connectivity index (χ1v) is 10.8. The van der Waals surface area contributed by atoms with Crippen molar-refractivity contribution in [3.63, 3.8) is 0 Å². The van der Waals surface area contributed by atoms with Crippen LogP contribution >= 0.6 is 11.3 Å². The third-order valence-corrected chi connectivity index (χ3v) is 6.45. The van der Waals surface area contributed by atoms with Crippen molar-refractivity contribution in [2.24, 2.45) is 0 Å². The molecule has 1 saturated heterocycles. The first kappa shape index (κ1) is 19.7. The number of furan rings is 1. The van der Waals surface area contributed by atoms with Crippen LogP contribution in [0, 0.1) is 0 Å². The Hall–Kier alpha value is -3.24. The average Bonchev–Trinajstić information content (AvgIpc) is 3.53. The third kappa shape index (κ3) is 3.68. The van der Waals surface area contributed by atoms with Gasteiger partial charge in [0, 0.05) is 18.2 Å². The zero-order valence-electron chi connectivity index (χ0n) is 16.6. The molecule has 31 heavy (non-hydrogen) atoms. The van der Waals surface area contributed by atoms with Crippen molar-refractivity contribution in [2.75, 3.05) is 6.61 Å². The number of fused-ring (bicyclic) bond motifs is 3. The van der Waals surface area contributed by atoms with Crippen molar-refractivity contribution in [3.8, 4) is 0 Å². The van der Waals surface area contributed by atoms with Gasteiger partial charge in [-0.1, -0.05) is 0 Å². The molecular weight excluding hydrogens is 420 g/mol. The fraction of sp³-hybridized carbons (Fsp3) is 0.333. The summed E-state index contributed by atoms with van der Waals surface area (Å²) in [4.78, 5) is 44.2. The van der Waals surface area contributed by atoms with Gasteiger partial charge in [0.25, 0.3) is 5.56 Å². The first-order valence-electron chi connectivity index (χ1n) is 10.0. The number of carbonyl (C=O) groups is 1. The smallest absolute Gasteiger partial charge is 0.332 e. The fourth-order valence-corrected chi connectivity index (χ4v) is 4.98. The third-order valence-electron chi connectivity index (χ3n) is 5.36. The van der Waals surface area contributed by atoms with Crippen LogP contribution in [0.2, 0.25) is 0 Å². The summed E-state index contributed by atoms with van der Waals surface area (Å²) in [6.45, 7) is 0.787. The molecule has 0 aromatic carbocycles. The molecular formula is C21H20N4O5S. The Kier molecular flexibility index (Phi) is 5.16. The van der Waals surface area contributed by atoms with Gasteiger partial charge in [0.15, 0.2) is 0 Å². The molecule has 0 saturated carbocycles. The van der Waals surface area contributed by atoms with Crippen LogP contribution in [-0.2, 0) is 29.2 Å². The standard InChI is InChI=1S/C21H20N4O5S/c26-16(23-10-13-4-2-8-29-13)12-24-17-15-6-1-7-22-19(15)31-18(17)20(27)25(21(24)28)11-14-5-3-9-30-14/h1-2,4,6-8,14H,3,5,9-12H2,(H,23,26)/t14-/m1/s1. The number of thiophene rings is 1. The number of pyridine rings is 1. The molecule has 1 fully saturated rings. The van der Waals surface area contributed by atoms with Crippen LogP contribution in [-0.4, -0.2) is 32.7 Å². The maximum atomic E-state index is 13.4. The summed E-state index contributed by atoms with van der Waals surface area (Å²) in [5.41, 5.74) is -0.449. The molecule has 0 bridgehead atoms. The molecule has 0 radical (unpaired) electrons. The summed E-state index contributed by atoms with van der Waals surface area (Å²) in [7, 11) is 0. The van der Waals surface area contributed by atoms with Crippen LogP contribution in [0.4, 0.5) is 0 Å². The van der Waals surface area contributed by atoms with Gasteiger partial charge in [0.05, 0.1) is 31.0 Å². The van der Waals surface area contributed by atoms with Gasteiger partial charge in [0.2, 0.25) is 5.91 Å². The van der Waals surface area contributed by atoms with E-state index in [-0.39, 0.29) is 37.2 Å². The van der Waals surface area contributed by atoms with Crippen LogP contribution in [0.1, 0.15) is 18.6 Å². The van der Waals surface area contributed by atoms with Crippen LogP contribution < -0.4 is 16.6 Å². The van der Waals surface area contributed by atoms with Crippen LogP contribution in [0.3, 0.4) is 0 Å². The molecule has 10 heteroatoms. The number of aromatic nitrogens is 3. The minimum Gasteiger partial charge on any atom is -0.467 e. The van der Waals surface area contributed by atoms with Gasteiger partial charge < -0.3 is 14.5 Å². The second-order valence-corrected chi connectivity index (χ2v) is 8.41. The number of rotatable bonds is 6. The van der Waals surface area contributed by atoms with Gasteiger partial charge in [-0.05, 0) is 37.1 Å². The number of nitrogens with one attached hydrogen (secondary N) is 1. The molecule has 5 rings (SSSR count). The highest BCUT2D eigenvalue weighted by Gasteiger charge is 2.23.